The lowest BCUT2D eigenvalue weighted by molar-refractivity contribution is -0.0717. The van der Waals surface area contributed by atoms with E-state index >= 15 is 0 Å². The lowest BCUT2D eigenvalue weighted by Gasteiger charge is -2.59. The van der Waals surface area contributed by atoms with E-state index in [0.29, 0.717) is 16.7 Å². The summed E-state index contributed by atoms with van der Waals surface area (Å²) in [6, 6.07) is 0. The predicted molar refractivity (Wildman–Crippen MR) is 128 cm³/mol. The Hall–Kier alpha value is -0.340. The molecule has 0 aromatic rings. The zero-order valence-electron chi connectivity index (χ0n) is 20.9. The van der Waals surface area contributed by atoms with E-state index < -0.39 is 11.2 Å². The Morgan fingerprint density at radius 3 is 2.48 bits per heavy atom. The van der Waals surface area contributed by atoms with Crippen molar-refractivity contribution in [3.05, 3.63) is 11.6 Å². The van der Waals surface area contributed by atoms with E-state index in [4.69, 9.17) is 0 Å². The average molecular weight is 429 g/mol. The third-order valence-electron chi connectivity index (χ3n) is 11.7. The number of rotatable bonds is 5. The second-order valence-corrected chi connectivity index (χ2v) is 13.8. The van der Waals surface area contributed by atoms with Crippen molar-refractivity contribution < 1.29 is 10.2 Å². The van der Waals surface area contributed by atoms with Crippen molar-refractivity contribution in [1.29, 1.82) is 0 Å². The molecule has 0 aliphatic heterocycles. The molecule has 0 saturated heterocycles. The largest absolute Gasteiger partial charge is 0.390 e. The Labute approximate surface area is 191 Å². The van der Waals surface area contributed by atoms with Gasteiger partial charge in [-0.15, -0.1) is 0 Å². The summed E-state index contributed by atoms with van der Waals surface area (Å²) in [5.41, 5.74) is 1.50. The Bertz CT molecular complexity index is 731. The average Bonchev–Trinajstić information content (AvgIpc) is 3.49. The third kappa shape index (κ3) is 3.67. The molecular formula is C29H48O2. The van der Waals surface area contributed by atoms with Gasteiger partial charge in [0, 0.05) is 0 Å². The SMILES string of the molecule is C[C@H](CC[C@](C)(O)C1CC1)[C@H]1CC[C@H]2[C@@H]3CC=C4C[C@@](C)(O)CC[C@]4(C)[C@H]3CC[C@]12C. The summed E-state index contributed by atoms with van der Waals surface area (Å²) in [4.78, 5) is 0. The number of allylic oxidation sites excluding steroid dienone is 1. The quantitative estimate of drug-likeness (QED) is 0.468. The van der Waals surface area contributed by atoms with Crippen LogP contribution in [-0.4, -0.2) is 21.4 Å². The van der Waals surface area contributed by atoms with E-state index in [9.17, 15) is 10.2 Å². The maximum atomic E-state index is 10.8. The molecule has 0 amide bonds. The molecule has 0 bridgehead atoms. The van der Waals surface area contributed by atoms with Crippen LogP contribution < -0.4 is 0 Å². The zero-order valence-corrected chi connectivity index (χ0v) is 20.9. The predicted octanol–water partition coefficient (Wildman–Crippen LogP) is 6.89. The van der Waals surface area contributed by atoms with Gasteiger partial charge < -0.3 is 10.2 Å². The molecule has 176 valence electrons. The zero-order chi connectivity index (χ0) is 22.2. The van der Waals surface area contributed by atoms with Crippen LogP contribution in [0, 0.1) is 46.3 Å². The van der Waals surface area contributed by atoms with Crippen molar-refractivity contribution in [2.24, 2.45) is 46.3 Å². The van der Waals surface area contributed by atoms with Crippen molar-refractivity contribution in [3.8, 4) is 0 Å². The van der Waals surface area contributed by atoms with Gasteiger partial charge in [0.25, 0.3) is 0 Å². The summed E-state index contributed by atoms with van der Waals surface area (Å²) in [5.74, 6) is 4.68. The molecule has 9 atom stereocenters. The van der Waals surface area contributed by atoms with Gasteiger partial charge in [0.2, 0.25) is 0 Å². The van der Waals surface area contributed by atoms with Crippen molar-refractivity contribution >= 4 is 0 Å². The highest BCUT2D eigenvalue weighted by Gasteiger charge is 2.59. The van der Waals surface area contributed by atoms with Crippen LogP contribution >= 0.6 is 0 Å². The minimum absolute atomic E-state index is 0.332. The molecule has 0 radical (unpaired) electrons. The van der Waals surface area contributed by atoms with Gasteiger partial charge >= 0.3 is 0 Å². The molecule has 2 nitrogen and oxygen atoms in total. The van der Waals surface area contributed by atoms with Crippen LogP contribution in [0.25, 0.3) is 0 Å². The van der Waals surface area contributed by atoms with Crippen LogP contribution in [-0.2, 0) is 0 Å². The molecule has 0 heterocycles. The first-order valence-corrected chi connectivity index (χ1v) is 13.6. The van der Waals surface area contributed by atoms with Gasteiger partial charge in [-0.2, -0.15) is 0 Å². The van der Waals surface area contributed by atoms with Crippen LogP contribution in [0.15, 0.2) is 11.6 Å². The van der Waals surface area contributed by atoms with Gasteiger partial charge in [0.1, 0.15) is 0 Å². The molecule has 4 saturated carbocycles. The Balaban J connectivity index is 1.31. The number of aliphatic hydroxyl groups is 2. The highest BCUT2D eigenvalue weighted by atomic mass is 16.3. The normalized spacial score (nSPS) is 50.0. The van der Waals surface area contributed by atoms with Gasteiger partial charge in [-0.25, -0.2) is 0 Å². The van der Waals surface area contributed by atoms with Crippen LogP contribution in [0.5, 0.6) is 0 Å². The molecule has 0 aromatic heterocycles. The lowest BCUT2D eigenvalue weighted by atomic mass is 9.46. The summed E-state index contributed by atoms with van der Waals surface area (Å²) in [6.07, 6.45) is 17.1. The number of fused-ring (bicyclic) bond motifs is 5. The van der Waals surface area contributed by atoms with Crippen molar-refractivity contribution in [1.82, 2.24) is 0 Å². The van der Waals surface area contributed by atoms with Gasteiger partial charge in [-0.3, -0.25) is 0 Å². The second kappa shape index (κ2) is 7.33. The first kappa shape index (κ1) is 22.5. The Morgan fingerprint density at radius 1 is 1.03 bits per heavy atom. The van der Waals surface area contributed by atoms with Crippen LogP contribution in [0.3, 0.4) is 0 Å². The van der Waals surface area contributed by atoms with Crippen molar-refractivity contribution in [2.45, 2.75) is 123 Å². The third-order valence-corrected chi connectivity index (χ3v) is 11.7. The first-order valence-electron chi connectivity index (χ1n) is 13.6. The molecule has 5 aliphatic rings. The van der Waals surface area contributed by atoms with Gasteiger partial charge in [0.05, 0.1) is 11.2 Å². The van der Waals surface area contributed by atoms with Crippen molar-refractivity contribution in [3.63, 3.8) is 0 Å². The van der Waals surface area contributed by atoms with E-state index in [1.807, 2.05) is 6.92 Å². The minimum atomic E-state index is -0.489. The molecule has 2 heteroatoms. The fraction of sp³-hybridized carbons (Fsp3) is 0.931. The second-order valence-electron chi connectivity index (χ2n) is 13.8. The van der Waals surface area contributed by atoms with E-state index in [1.54, 1.807) is 5.57 Å². The monoisotopic (exact) mass is 428 g/mol. The molecule has 5 aliphatic carbocycles. The summed E-state index contributed by atoms with van der Waals surface area (Å²) in [6.45, 7) is 11.8. The standard InChI is InChI=1S/C29H48O2/c1-19(12-15-29(5,31)20-6-7-20)23-10-11-24-22-9-8-21-18-26(2,30)16-17-27(21,3)25(22)13-14-28(23,24)4/h8,19-20,22-25,30-31H,6-7,9-18H2,1-5H3/t19-,22+,23-,24+,25+,26+,27+,28-,29+/m1/s1. The molecule has 0 aromatic carbocycles. The van der Waals surface area contributed by atoms with Crippen LogP contribution in [0.4, 0.5) is 0 Å². The number of hydrogen-bond acceptors (Lipinski definition) is 2. The lowest BCUT2D eigenvalue weighted by Crippen LogP contribution is -2.52. The minimum Gasteiger partial charge on any atom is -0.390 e. The summed E-state index contributed by atoms with van der Waals surface area (Å²) in [5, 5.41) is 21.5. The Morgan fingerprint density at radius 2 is 1.77 bits per heavy atom. The number of hydrogen-bond donors (Lipinski definition) is 2. The fourth-order valence-corrected chi connectivity index (χ4v) is 9.41. The fourth-order valence-electron chi connectivity index (χ4n) is 9.41. The Kier molecular flexibility index (Phi) is 5.31. The maximum Gasteiger partial charge on any atom is 0.0657 e. The van der Waals surface area contributed by atoms with E-state index in [0.717, 1.165) is 48.9 Å². The van der Waals surface area contributed by atoms with Gasteiger partial charge in [0.15, 0.2) is 0 Å². The molecule has 0 unspecified atom stereocenters. The first-order chi connectivity index (χ1) is 14.5. The van der Waals surface area contributed by atoms with E-state index in [-0.39, 0.29) is 0 Å². The maximum absolute atomic E-state index is 10.8. The summed E-state index contributed by atoms with van der Waals surface area (Å²) < 4.78 is 0. The molecule has 0 spiro atoms. The summed E-state index contributed by atoms with van der Waals surface area (Å²) >= 11 is 0. The molecule has 5 rings (SSSR count). The highest BCUT2D eigenvalue weighted by molar-refractivity contribution is 5.26. The van der Waals surface area contributed by atoms with Gasteiger partial charge in [-0.05, 0) is 137 Å². The highest BCUT2D eigenvalue weighted by Crippen LogP contribution is 2.67. The molecular weight excluding hydrogens is 380 g/mol. The van der Waals surface area contributed by atoms with Crippen LogP contribution in [0.1, 0.15) is 112 Å². The van der Waals surface area contributed by atoms with E-state index in [1.165, 1.54) is 57.8 Å². The molecule has 4 fully saturated rings. The van der Waals surface area contributed by atoms with Gasteiger partial charge in [-0.1, -0.05) is 32.4 Å². The summed E-state index contributed by atoms with van der Waals surface area (Å²) in [7, 11) is 0. The van der Waals surface area contributed by atoms with Crippen molar-refractivity contribution in [2.75, 3.05) is 0 Å². The smallest absolute Gasteiger partial charge is 0.0657 e. The molecule has 2 N–H and O–H groups in total. The molecule has 31 heavy (non-hydrogen) atoms. The van der Waals surface area contributed by atoms with E-state index in [2.05, 4.69) is 33.8 Å². The topological polar surface area (TPSA) is 40.5 Å². The van der Waals surface area contributed by atoms with Crippen LogP contribution in [0.2, 0.25) is 0 Å².